The molecule has 0 bridgehead atoms. The van der Waals surface area contributed by atoms with Gasteiger partial charge in [0.25, 0.3) is 11.5 Å². The van der Waals surface area contributed by atoms with Gasteiger partial charge in [0.1, 0.15) is 5.82 Å². The van der Waals surface area contributed by atoms with Gasteiger partial charge in [0, 0.05) is 72.7 Å². The van der Waals surface area contributed by atoms with Crippen molar-refractivity contribution in [2.45, 2.75) is 72.0 Å². The van der Waals surface area contributed by atoms with Crippen molar-refractivity contribution < 1.29 is 4.79 Å². The van der Waals surface area contributed by atoms with Crippen molar-refractivity contribution in [2.24, 2.45) is 7.05 Å². The predicted octanol–water partition coefficient (Wildman–Crippen LogP) is 4.33. The third kappa shape index (κ3) is 5.70. The topological polar surface area (TPSA) is 86.3 Å². The highest BCUT2D eigenvalue weighted by Crippen LogP contribution is 2.35. The minimum Gasteiger partial charge on any atom is -0.369 e. The van der Waals surface area contributed by atoms with Gasteiger partial charge in [-0.05, 0) is 96.8 Å². The summed E-state index contributed by atoms with van der Waals surface area (Å²) in [5, 5.41) is 3.02. The molecule has 2 heterocycles. The Bertz CT molecular complexity index is 1350. The first-order valence-electron chi connectivity index (χ1n) is 13.6. The number of imidazole rings is 1. The lowest BCUT2D eigenvalue weighted by Gasteiger charge is -2.40. The molecular weight excluding hydrogens is 476 g/mol. The van der Waals surface area contributed by atoms with E-state index in [1.165, 1.54) is 12.8 Å². The van der Waals surface area contributed by atoms with Crippen molar-refractivity contribution in [1.82, 2.24) is 24.8 Å². The first-order chi connectivity index (χ1) is 18.1. The summed E-state index contributed by atoms with van der Waals surface area (Å²) in [5.74, 6) is 0.630. The molecule has 0 aliphatic heterocycles. The summed E-state index contributed by atoms with van der Waals surface area (Å²) in [7, 11) is 6.30. The molecule has 8 heteroatoms. The molecular formula is C30H42N6O2. The number of benzene rings is 1. The van der Waals surface area contributed by atoms with Crippen LogP contribution in [0.4, 0.5) is 5.69 Å². The molecule has 0 unspecified atom stereocenters. The van der Waals surface area contributed by atoms with E-state index in [2.05, 4.69) is 52.2 Å². The molecule has 2 N–H and O–H groups in total. The molecule has 3 aromatic rings. The number of nitrogens with one attached hydrogen (secondary N) is 2. The Morgan fingerprint density at radius 1 is 1.11 bits per heavy atom. The van der Waals surface area contributed by atoms with Gasteiger partial charge in [-0.15, -0.1) is 0 Å². The fourth-order valence-electron chi connectivity index (χ4n) is 5.88. The van der Waals surface area contributed by atoms with Gasteiger partial charge in [0.15, 0.2) is 0 Å². The summed E-state index contributed by atoms with van der Waals surface area (Å²) >= 11 is 0. The molecule has 2 aromatic heterocycles. The number of carbonyl (C=O) groups excluding carboxylic acids is 1. The molecule has 204 valence electrons. The molecule has 1 saturated carbocycles. The zero-order valence-electron chi connectivity index (χ0n) is 23.9. The van der Waals surface area contributed by atoms with Gasteiger partial charge in [-0.3, -0.25) is 9.59 Å². The highest BCUT2D eigenvalue weighted by Gasteiger charge is 2.28. The van der Waals surface area contributed by atoms with Crippen LogP contribution >= 0.6 is 0 Å². The zero-order valence-corrected chi connectivity index (χ0v) is 23.9. The number of amides is 1. The molecule has 38 heavy (non-hydrogen) atoms. The van der Waals surface area contributed by atoms with Crippen LogP contribution in [0.2, 0.25) is 0 Å². The Hall–Kier alpha value is -3.39. The quantitative estimate of drug-likeness (QED) is 0.464. The van der Waals surface area contributed by atoms with Crippen LogP contribution in [0.5, 0.6) is 0 Å². The molecule has 0 spiro atoms. The van der Waals surface area contributed by atoms with Crippen LogP contribution < -0.4 is 15.8 Å². The normalized spacial score (nSPS) is 17.6. The number of aromatic amines is 1. The molecule has 0 saturated heterocycles. The number of rotatable bonds is 8. The van der Waals surface area contributed by atoms with Crippen molar-refractivity contribution in [1.29, 1.82) is 0 Å². The summed E-state index contributed by atoms with van der Waals surface area (Å²) in [4.78, 5) is 38.4. The standard InChI is InChI=1S/C30H42N6O2/c1-8-36(24-11-9-23(10-12-24)34(5)6)27-17-22(28-31-13-14-35(28)7)16-25(21(27)4)29(37)32-18-26-19(2)15-20(3)33-30(26)38/h13-17,23-24H,8-12,18H2,1-7H3,(H,32,37)(H,33,38). The number of anilines is 1. The van der Waals surface area contributed by atoms with Crippen LogP contribution in [0.15, 0.2) is 35.4 Å². The van der Waals surface area contributed by atoms with Crippen molar-refractivity contribution in [3.63, 3.8) is 0 Å². The fraction of sp³-hybridized carbons (Fsp3) is 0.500. The van der Waals surface area contributed by atoms with Gasteiger partial charge in [-0.1, -0.05) is 0 Å². The average Bonchev–Trinajstić information content (AvgIpc) is 3.30. The van der Waals surface area contributed by atoms with E-state index in [9.17, 15) is 9.59 Å². The summed E-state index contributed by atoms with van der Waals surface area (Å²) in [6.45, 7) is 9.02. The number of H-pyrrole nitrogens is 1. The van der Waals surface area contributed by atoms with Gasteiger partial charge >= 0.3 is 0 Å². The maximum Gasteiger partial charge on any atom is 0.253 e. The fourth-order valence-corrected chi connectivity index (χ4v) is 5.88. The maximum absolute atomic E-state index is 13.6. The van der Waals surface area contributed by atoms with Crippen molar-refractivity contribution in [3.8, 4) is 11.4 Å². The van der Waals surface area contributed by atoms with Gasteiger partial charge in [0.2, 0.25) is 0 Å². The first kappa shape index (κ1) is 27.6. The molecule has 1 aliphatic rings. The van der Waals surface area contributed by atoms with E-state index in [1.54, 1.807) is 6.20 Å². The van der Waals surface area contributed by atoms with E-state index >= 15 is 0 Å². The summed E-state index contributed by atoms with van der Waals surface area (Å²) in [5.41, 5.74) is 5.65. The number of aromatic nitrogens is 3. The minimum atomic E-state index is -0.188. The summed E-state index contributed by atoms with van der Waals surface area (Å²) < 4.78 is 1.98. The van der Waals surface area contributed by atoms with Crippen molar-refractivity contribution >= 4 is 11.6 Å². The van der Waals surface area contributed by atoms with Crippen LogP contribution in [-0.2, 0) is 13.6 Å². The van der Waals surface area contributed by atoms with Crippen LogP contribution in [0.1, 0.15) is 65.3 Å². The second-order valence-electron chi connectivity index (χ2n) is 10.9. The first-order valence-corrected chi connectivity index (χ1v) is 13.6. The molecule has 4 rings (SSSR count). The molecule has 8 nitrogen and oxygen atoms in total. The van der Waals surface area contributed by atoms with E-state index in [1.807, 2.05) is 50.7 Å². The van der Waals surface area contributed by atoms with E-state index < -0.39 is 0 Å². The highest BCUT2D eigenvalue weighted by atomic mass is 16.1. The second-order valence-corrected chi connectivity index (χ2v) is 10.9. The number of hydrogen-bond acceptors (Lipinski definition) is 5. The van der Waals surface area contributed by atoms with E-state index in [0.29, 0.717) is 23.2 Å². The molecule has 1 aromatic carbocycles. The predicted molar refractivity (Wildman–Crippen MR) is 154 cm³/mol. The Morgan fingerprint density at radius 3 is 2.37 bits per heavy atom. The number of hydrogen-bond donors (Lipinski definition) is 2. The largest absolute Gasteiger partial charge is 0.369 e. The Kier molecular flexibility index (Phi) is 8.41. The van der Waals surface area contributed by atoms with Crippen LogP contribution in [-0.4, -0.2) is 58.1 Å². The maximum atomic E-state index is 13.6. The van der Waals surface area contributed by atoms with Gasteiger partial charge in [0.05, 0.1) is 0 Å². The lowest BCUT2D eigenvalue weighted by molar-refractivity contribution is 0.0950. The second kappa shape index (κ2) is 11.6. The minimum absolute atomic E-state index is 0.160. The molecule has 1 fully saturated rings. The van der Waals surface area contributed by atoms with Crippen LogP contribution in [0.3, 0.4) is 0 Å². The number of carbonyl (C=O) groups is 1. The van der Waals surface area contributed by atoms with E-state index in [0.717, 1.165) is 53.3 Å². The number of pyridine rings is 1. The SMILES string of the molecule is CCN(c1cc(-c2nccn2C)cc(C(=O)NCc2c(C)cc(C)[nH]c2=O)c1C)C1CCC(N(C)C)CC1. The molecule has 1 aliphatic carbocycles. The third-order valence-electron chi connectivity index (χ3n) is 8.11. The number of aryl methyl sites for hydroxylation is 3. The van der Waals surface area contributed by atoms with Crippen molar-refractivity contribution in [3.05, 3.63) is 68.9 Å². The monoisotopic (exact) mass is 518 g/mol. The third-order valence-corrected chi connectivity index (χ3v) is 8.11. The zero-order chi connectivity index (χ0) is 27.6. The van der Waals surface area contributed by atoms with Crippen molar-refractivity contribution in [2.75, 3.05) is 25.5 Å². The number of nitrogens with zero attached hydrogens (tertiary/aromatic N) is 4. The van der Waals surface area contributed by atoms with Crippen LogP contribution in [0.25, 0.3) is 11.4 Å². The van der Waals surface area contributed by atoms with Crippen LogP contribution in [0, 0.1) is 20.8 Å². The van der Waals surface area contributed by atoms with Gasteiger partial charge < -0.3 is 24.7 Å². The van der Waals surface area contributed by atoms with Gasteiger partial charge in [-0.25, -0.2) is 4.98 Å². The molecule has 0 radical (unpaired) electrons. The highest BCUT2D eigenvalue weighted by molar-refractivity contribution is 5.98. The Labute approximate surface area is 226 Å². The summed E-state index contributed by atoms with van der Waals surface area (Å²) in [6.07, 6.45) is 8.29. The average molecular weight is 519 g/mol. The molecule has 1 amide bonds. The Balaban J connectivity index is 1.69. The van der Waals surface area contributed by atoms with E-state index in [4.69, 9.17) is 0 Å². The lowest BCUT2D eigenvalue weighted by atomic mass is 9.88. The van der Waals surface area contributed by atoms with E-state index in [-0.39, 0.29) is 18.0 Å². The smallest absolute Gasteiger partial charge is 0.253 e. The summed E-state index contributed by atoms with van der Waals surface area (Å²) in [6, 6.07) is 7.10. The lowest BCUT2D eigenvalue weighted by Crippen LogP contribution is -2.42. The van der Waals surface area contributed by atoms with Gasteiger partial charge in [-0.2, -0.15) is 0 Å². The molecule has 0 atom stereocenters. The Morgan fingerprint density at radius 2 is 1.79 bits per heavy atom.